The van der Waals surface area contributed by atoms with Gasteiger partial charge in [0.05, 0.1) is 0 Å². The second kappa shape index (κ2) is 8.78. The minimum atomic E-state index is -0.0411. The smallest absolute Gasteiger partial charge is 0.274 e. The van der Waals surface area contributed by atoms with E-state index in [1.54, 1.807) is 0 Å². The van der Waals surface area contributed by atoms with Gasteiger partial charge >= 0.3 is 0 Å². The number of hydrogen-bond acceptors (Lipinski definition) is 5. The van der Waals surface area contributed by atoms with Crippen molar-refractivity contribution in [2.45, 2.75) is 25.7 Å². The highest BCUT2D eigenvalue weighted by atomic mass is 35.5. The lowest BCUT2D eigenvalue weighted by Crippen LogP contribution is -2.49. The van der Waals surface area contributed by atoms with Gasteiger partial charge in [-0.05, 0) is 43.2 Å². The third kappa shape index (κ3) is 4.38. The molecule has 0 bridgehead atoms. The van der Waals surface area contributed by atoms with Gasteiger partial charge in [-0.2, -0.15) is 0 Å². The summed E-state index contributed by atoms with van der Waals surface area (Å²) in [4.78, 5) is 19.2. The monoisotopic (exact) mass is 399 g/mol. The average Bonchev–Trinajstić information content (AvgIpc) is 3.03. The summed E-state index contributed by atoms with van der Waals surface area (Å²) in [5, 5.41) is 9.30. The van der Waals surface area contributed by atoms with Crippen LogP contribution in [0.3, 0.4) is 0 Å². The number of piperazine rings is 1. The molecule has 0 saturated carbocycles. The highest BCUT2D eigenvalue weighted by Crippen LogP contribution is 2.21. The summed E-state index contributed by atoms with van der Waals surface area (Å²) in [6, 6.07) is 11.6. The van der Waals surface area contributed by atoms with E-state index >= 15 is 0 Å². The van der Waals surface area contributed by atoms with Gasteiger partial charge in [-0.3, -0.25) is 4.79 Å². The maximum absolute atomic E-state index is 12.8. The summed E-state index contributed by atoms with van der Waals surface area (Å²) in [5.74, 6) is 0.838. The summed E-state index contributed by atoms with van der Waals surface area (Å²) in [7, 11) is 0. The fourth-order valence-corrected chi connectivity index (χ4v) is 4.09. The topological polar surface area (TPSA) is 52.6 Å². The number of carbonyl (C=O) groups is 1. The van der Waals surface area contributed by atoms with E-state index in [1.807, 2.05) is 35.2 Å². The van der Waals surface area contributed by atoms with Crippen molar-refractivity contribution < 1.29 is 4.79 Å². The molecule has 1 amide bonds. The van der Waals surface area contributed by atoms with Crippen LogP contribution >= 0.6 is 11.6 Å². The molecule has 2 fully saturated rings. The molecular weight excluding hydrogens is 374 g/mol. The summed E-state index contributed by atoms with van der Waals surface area (Å²) >= 11 is 6.09. The minimum absolute atomic E-state index is 0.0411. The molecule has 0 radical (unpaired) electrons. The predicted octanol–water partition coefficient (Wildman–Crippen LogP) is 3.47. The van der Waals surface area contributed by atoms with Gasteiger partial charge in [0.1, 0.15) is 0 Å². The number of halogens is 1. The predicted molar refractivity (Wildman–Crippen MR) is 112 cm³/mol. The van der Waals surface area contributed by atoms with Crippen LogP contribution in [-0.4, -0.2) is 60.3 Å². The number of amides is 1. The Morgan fingerprint density at radius 3 is 2.21 bits per heavy atom. The lowest BCUT2D eigenvalue weighted by molar-refractivity contribution is 0.0739. The maximum atomic E-state index is 12.8. The van der Waals surface area contributed by atoms with Crippen LogP contribution in [0, 0.1) is 0 Å². The molecule has 0 spiro atoms. The summed E-state index contributed by atoms with van der Waals surface area (Å²) in [6.45, 7) is 4.94. The van der Waals surface area contributed by atoms with Crippen molar-refractivity contribution in [2.75, 3.05) is 49.1 Å². The molecule has 148 valence electrons. The van der Waals surface area contributed by atoms with Crippen LogP contribution in [0.1, 0.15) is 36.2 Å². The zero-order chi connectivity index (χ0) is 19.3. The van der Waals surface area contributed by atoms with E-state index in [-0.39, 0.29) is 5.91 Å². The molecule has 0 aliphatic carbocycles. The first kappa shape index (κ1) is 19.0. The largest absolute Gasteiger partial charge is 0.368 e. The molecule has 2 aromatic rings. The zero-order valence-corrected chi connectivity index (χ0v) is 16.8. The number of nitrogens with zero attached hydrogens (tertiary/aromatic N) is 5. The van der Waals surface area contributed by atoms with Crippen LogP contribution in [0.15, 0.2) is 36.4 Å². The molecule has 1 aromatic carbocycles. The Labute approximate surface area is 171 Å². The molecule has 2 saturated heterocycles. The van der Waals surface area contributed by atoms with Crippen molar-refractivity contribution >= 4 is 29.0 Å². The molecule has 2 aliphatic heterocycles. The van der Waals surface area contributed by atoms with Crippen molar-refractivity contribution in [1.82, 2.24) is 15.1 Å². The lowest BCUT2D eigenvalue weighted by Gasteiger charge is -2.36. The van der Waals surface area contributed by atoms with E-state index in [4.69, 9.17) is 11.6 Å². The SMILES string of the molecule is O=C(c1ccc(N2CCCCCC2)nn1)N1CCN(c2cccc(Cl)c2)CC1. The van der Waals surface area contributed by atoms with Crippen LogP contribution < -0.4 is 9.80 Å². The molecule has 2 aliphatic rings. The number of anilines is 2. The van der Waals surface area contributed by atoms with Crippen molar-refractivity contribution in [3.63, 3.8) is 0 Å². The van der Waals surface area contributed by atoms with Crippen molar-refractivity contribution in [2.24, 2.45) is 0 Å². The van der Waals surface area contributed by atoms with Crippen LogP contribution in [-0.2, 0) is 0 Å². The van der Waals surface area contributed by atoms with Gasteiger partial charge in [0.15, 0.2) is 11.5 Å². The van der Waals surface area contributed by atoms with Gasteiger partial charge in [-0.25, -0.2) is 0 Å². The van der Waals surface area contributed by atoms with Crippen LogP contribution in [0.25, 0.3) is 0 Å². The van der Waals surface area contributed by atoms with E-state index in [0.29, 0.717) is 18.8 Å². The molecule has 28 heavy (non-hydrogen) atoms. The van der Waals surface area contributed by atoms with Gasteiger partial charge in [0.25, 0.3) is 5.91 Å². The van der Waals surface area contributed by atoms with E-state index in [1.165, 1.54) is 25.7 Å². The Kier molecular flexibility index (Phi) is 5.95. The van der Waals surface area contributed by atoms with Gasteiger partial charge in [-0.1, -0.05) is 30.5 Å². The molecule has 7 heteroatoms. The van der Waals surface area contributed by atoms with Crippen LogP contribution in [0.2, 0.25) is 5.02 Å². The van der Waals surface area contributed by atoms with Gasteiger partial charge in [0.2, 0.25) is 0 Å². The third-order valence-corrected chi connectivity index (χ3v) is 5.77. The second-order valence-corrected chi connectivity index (χ2v) is 7.87. The molecule has 0 unspecified atom stereocenters. The van der Waals surface area contributed by atoms with E-state index in [2.05, 4.69) is 26.1 Å². The first-order chi connectivity index (χ1) is 13.7. The molecule has 0 N–H and O–H groups in total. The quantitative estimate of drug-likeness (QED) is 0.790. The highest BCUT2D eigenvalue weighted by molar-refractivity contribution is 6.30. The average molecular weight is 400 g/mol. The van der Waals surface area contributed by atoms with Crippen LogP contribution in [0.5, 0.6) is 0 Å². The van der Waals surface area contributed by atoms with E-state index < -0.39 is 0 Å². The Hall–Kier alpha value is -2.34. The standard InChI is InChI=1S/C21H26ClN5O/c22-17-6-5-7-18(16-17)25-12-14-27(15-13-25)21(28)19-8-9-20(24-23-19)26-10-3-1-2-4-11-26/h5-9,16H,1-4,10-15H2. The van der Waals surface area contributed by atoms with Gasteiger partial charge in [0, 0.05) is 50.0 Å². The number of aromatic nitrogens is 2. The molecule has 4 rings (SSSR count). The van der Waals surface area contributed by atoms with Gasteiger partial charge < -0.3 is 14.7 Å². The summed E-state index contributed by atoms with van der Waals surface area (Å²) in [6.07, 6.45) is 4.95. The normalized spacial score (nSPS) is 18.1. The Morgan fingerprint density at radius 1 is 0.821 bits per heavy atom. The fraction of sp³-hybridized carbons (Fsp3) is 0.476. The second-order valence-electron chi connectivity index (χ2n) is 7.44. The summed E-state index contributed by atoms with van der Waals surface area (Å²) in [5.41, 5.74) is 1.52. The number of hydrogen-bond donors (Lipinski definition) is 0. The highest BCUT2D eigenvalue weighted by Gasteiger charge is 2.24. The Balaban J connectivity index is 1.36. The van der Waals surface area contributed by atoms with Crippen molar-refractivity contribution in [1.29, 1.82) is 0 Å². The van der Waals surface area contributed by atoms with Gasteiger partial charge in [-0.15, -0.1) is 10.2 Å². The molecule has 3 heterocycles. The Bertz CT molecular complexity index is 797. The third-order valence-electron chi connectivity index (χ3n) is 5.54. The van der Waals surface area contributed by atoms with Crippen molar-refractivity contribution in [3.8, 4) is 0 Å². The number of benzene rings is 1. The molecular formula is C21H26ClN5O. The first-order valence-corrected chi connectivity index (χ1v) is 10.5. The molecule has 6 nitrogen and oxygen atoms in total. The van der Waals surface area contributed by atoms with E-state index in [9.17, 15) is 4.79 Å². The number of rotatable bonds is 3. The Morgan fingerprint density at radius 2 is 1.57 bits per heavy atom. The lowest BCUT2D eigenvalue weighted by atomic mass is 10.2. The molecule has 1 aromatic heterocycles. The molecule has 0 atom stereocenters. The first-order valence-electron chi connectivity index (χ1n) is 10.1. The zero-order valence-electron chi connectivity index (χ0n) is 16.1. The number of carbonyl (C=O) groups excluding carboxylic acids is 1. The van der Waals surface area contributed by atoms with E-state index in [0.717, 1.165) is 42.7 Å². The van der Waals surface area contributed by atoms with Crippen molar-refractivity contribution in [3.05, 3.63) is 47.1 Å². The fourth-order valence-electron chi connectivity index (χ4n) is 3.91. The maximum Gasteiger partial charge on any atom is 0.274 e. The van der Waals surface area contributed by atoms with Crippen LogP contribution in [0.4, 0.5) is 11.5 Å². The minimum Gasteiger partial charge on any atom is -0.368 e. The summed E-state index contributed by atoms with van der Waals surface area (Å²) < 4.78 is 0.